The van der Waals surface area contributed by atoms with E-state index in [0.29, 0.717) is 17.7 Å². The van der Waals surface area contributed by atoms with Crippen LogP contribution in [0.1, 0.15) is 44.7 Å². The molecule has 0 spiro atoms. The number of thiophene rings is 1. The summed E-state index contributed by atoms with van der Waals surface area (Å²) < 4.78 is 30.7. The van der Waals surface area contributed by atoms with Crippen LogP contribution in [0.2, 0.25) is 0 Å². The van der Waals surface area contributed by atoms with Gasteiger partial charge < -0.3 is 4.40 Å². The molecule has 38 heavy (non-hydrogen) atoms. The second-order valence-corrected chi connectivity index (χ2v) is 13.3. The topological polar surface area (TPSA) is 80.5 Å². The zero-order valence-corrected chi connectivity index (χ0v) is 24.0. The molecule has 2 aromatic carbocycles. The van der Waals surface area contributed by atoms with Gasteiger partial charge in [0.2, 0.25) is 10.0 Å². The molecular weight excluding hydrogens is 535 g/mol. The highest BCUT2D eigenvalue weighted by Gasteiger charge is 2.19. The van der Waals surface area contributed by atoms with Crippen LogP contribution in [0.5, 0.6) is 0 Å². The van der Waals surface area contributed by atoms with E-state index in [9.17, 15) is 13.2 Å². The Hall–Kier alpha value is -3.14. The van der Waals surface area contributed by atoms with Crippen LogP contribution in [0.3, 0.4) is 0 Å². The van der Waals surface area contributed by atoms with E-state index in [1.165, 1.54) is 32.3 Å². The summed E-state index contributed by atoms with van der Waals surface area (Å²) in [6.07, 6.45) is 3.28. The van der Waals surface area contributed by atoms with Crippen LogP contribution in [0.15, 0.2) is 71.2 Å². The maximum absolute atomic E-state index is 12.5. The lowest BCUT2D eigenvalue weighted by Gasteiger charge is -2.09. The third kappa shape index (κ3) is 5.65. The summed E-state index contributed by atoms with van der Waals surface area (Å²) in [5.41, 5.74) is 7.23. The number of nitrogens with one attached hydrogen (secondary N) is 1. The Labute approximate surface area is 231 Å². The molecule has 0 radical (unpaired) electrons. The number of aromatic nitrogens is 2. The van der Waals surface area contributed by atoms with E-state index >= 15 is 0 Å². The predicted molar refractivity (Wildman–Crippen MR) is 157 cm³/mol. The van der Waals surface area contributed by atoms with Crippen LogP contribution in [0, 0.1) is 20.8 Å². The average molecular weight is 564 g/mol. The number of fused-ring (bicyclic) bond motifs is 2. The van der Waals surface area contributed by atoms with Gasteiger partial charge in [-0.3, -0.25) is 4.79 Å². The number of carbonyl (C=O) groups excluding carboxylic acids is 1. The highest BCUT2D eigenvalue weighted by molar-refractivity contribution is 7.99. The lowest BCUT2D eigenvalue weighted by molar-refractivity contribution is 0.0981. The summed E-state index contributed by atoms with van der Waals surface area (Å²) in [6, 6.07) is 16.9. The number of amides is 1. The van der Waals surface area contributed by atoms with E-state index in [-0.39, 0.29) is 5.75 Å². The summed E-state index contributed by atoms with van der Waals surface area (Å²) in [6.45, 7) is 6.33. The van der Waals surface area contributed by atoms with Crippen molar-refractivity contribution in [1.82, 2.24) is 14.1 Å². The number of thioether (sulfide) groups is 1. The standard InChI is InChI=1S/C29H29N3O3S3/c1-19-9-7-12-25-27(19)23(18-37-25)16-24-29(30-26-15-20(2)21(3)17-32(24)26)36-13-8-14-38(34,35)31-28(33)22-10-5-4-6-11-22/h4-7,9-12,15,17-18H,8,13-14,16H2,1-3H3,(H,31,33). The van der Waals surface area contributed by atoms with Gasteiger partial charge in [-0.2, -0.15) is 0 Å². The first kappa shape index (κ1) is 26.5. The first-order valence-electron chi connectivity index (χ1n) is 12.4. The van der Waals surface area contributed by atoms with Crippen LogP contribution in [0.25, 0.3) is 15.7 Å². The molecule has 0 saturated carbocycles. The minimum Gasteiger partial charge on any atom is -0.302 e. The molecule has 3 heterocycles. The van der Waals surface area contributed by atoms with Gasteiger partial charge in [0.15, 0.2) is 0 Å². The number of sulfonamides is 1. The molecule has 1 amide bonds. The SMILES string of the molecule is Cc1cc2nc(SCCCS(=O)(=O)NC(=O)c3ccccc3)c(Cc3csc4cccc(C)c34)n2cc1C. The largest absolute Gasteiger partial charge is 0.302 e. The molecule has 5 aromatic rings. The van der Waals surface area contributed by atoms with E-state index in [2.05, 4.69) is 65.7 Å². The van der Waals surface area contributed by atoms with Crippen molar-refractivity contribution in [2.75, 3.05) is 11.5 Å². The molecule has 196 valence electrons. The van der Waals surface area contributed by atoms with E-state index < -0.39 is 15.9 Å². The highest BCUT2D eigenvalue weighted by Crippen LogP contribution is 2.33. The van der Waals surface area contributed by atoms with E-state index in [0.717, 1.165) is 22.8 Å². The molecule has 0 unspecified atom stereocenters. The Bertz CT molecular complexity index is 1740. The van der Waals surface area contributed by atoms with Crippen LogP contribution in [0.4, 0.5) is 0 Å². The molecule has 0 saturated heterocycles. The van der Waals surface area contributed by atoms with Crippen LogP contribution >= 0.6 is 23.1 Å². The summed E-state index contributed by atoms with van der Waals surface area (Å²) in [5.74, 6) is -0.170. The summed E-state index contributed by atoms with van der Waals surface area (Å²) in [5, 5.41) is 4.44. The lowest BCUT2D eigenvalue weighted by atomic mass is 10.0. The van der Waals surface area contributed by atoms with Crippen molar-refractivity contribution in [3.05, 3.63) is 99.7 Å². The molecule has 0 atom stereocenters. The van der Waals surface area contributed by atoms with Gasteiger partial charge in [0.25, 0.3) is 5.91 Å². The Balaban J connectivity index is 1.34. The van der Waals surface area contributed by atoms with Crippen molar-refractivity contribution in [3.63, 3.8) is 0 Å². The molecule has 0 aliphatic rings. The van der Waals surface area contributed by atoms with Crippen LogP contribution < -0.4 is 4.72 Å². The number of hydrogen-bond acceptors (Lipinski definition) is 6. The van der Waals surface area contributed by atoms with Gasteiger partial charge in [-0.05, 0) is 84.5 Å². The van der Waals surface area contributed by atoms with Gasteiger partial charge in [0.1, 0.15) is 10.7 Å². The van der Waals surface area contributed by atoms with Crippen LogP contribution in [-0.2, 0) is 16.4 Å². The average Bonchev–Trinajstić information content (AvgIpc) is 3.45. The molecular formula is C29H29N3O3S3. The minimum absolute atomic E-state index is 0.131. The zero-order valence-electron chi connectivity index (χ0n) is 21.5. The number of aryl methyl sites for hydroxylation is 3. The van der Waals surface area contributed by atoms with Crippen molar-refractivity contribution in [2.45, 2.75) is 38.6 Å². The summed E-state index contributed by atoms with van der Waals surface area (Å²) in [4.78, 5) is 17.2. The van der Waals surface area contributed by atoms with E-state index in [1.807, 2.05) is 0 Å². The van der Waals surface area contributed by atoms with Gasteiger partial charge in [-0.15, -0.1) is 23.1 Å². The Kier molecular flexibility index (Phi) is 7.61. The molecule has 0 bridgehead atoms. The maximum atomic E-state index is 12.5. The molecule has 0 fully saturated rings. The smallest absolute Gasteiger partial charge is 0.264 e. The molecule has 0 aliphatic carbocycles. The highest BCUT2D eigenvalue weighted by atomic mass is 32.2. The molecule has 5 rings (SSSR count). The first-order valence-corrected chi connectivity index (χ1v) is 15.9. The fourth-order valence-electron chi connectivity index (χ4n) is 4.50. The molecule has 6 nitrogen and oxygen atoms in total. The van der Waals surface area contributed by atoms with Crippen molar-refractivity contribution < 1.29 is 13.2 Å². The third-order valence-electron chi connectivity index (χ3n) is 6.61. The Morgan fingerprint density at radius 1 is 1.03 bits per heavy atom. The zero-order chi connectivity index (χ0) is 26.9. The summed E-state index contributed by atoms with van der Waals surface area (Å²) in [7, 11) is -3.74. The van der Waals surface area contributed by atoms with Crippen molar-refractivity contribution in [3.8, 4) is 0 Å². The van der Waals surface area contributed by atoms with Crippen LogP contribution in [-0.4, -0.2) is 35.2 Å². The number of imidazole rings is 1. The molecule has 9 heteroatoms. The van der Waals surface area contributed by atoms with Crippen molar-refractivity contribution in [1.29, 1.82) is 0 Å². The van der Waals surface area contributed by atoms with Crippen molar-refractivity contribution in [2.24, 2.45) is 0 Å². The maximum Gasteiger partial charge on any atom is 0.264 e. The second kappa shape index (κ2) is 10.9. The number of benzene rings is 2. The third-order valence-corrected chi connectivity index (χ3v) is 10.0. The second-order valence-electron chi connectivity index (χ2n) is 9.44. The fraction of sp³-hybridized carbons (Fsp3) is 0.241. The quantitative estimate of drug-likeness (QED) is 0.168. The van der Waals surface area contributed by atoms with E-state index in [4.69, 9.17) is 4.98 Å². The molecule has 3 aromatic heterocycles. The van der Waals surface area contributed by atoms with Gasteiger partial charge >= 0.3 is 0 Å². The van der Waals surface area contributed by atoms with Gasteiger partial charge in [0.05, 0.1) is 11.4 Å². The number of rotatable bonds is 9. The first-order chi connectivity index (χ1) is 18.2. The monoisotopic (exact) mass is 563 g/mol. The molecule has 0 aliphatic heterocycles. The summed E-state index contributed by atoms with van der Waals surface area (Å²) >= 11 is 3.32. The lowest BCUT2D eigenvalue weighted by Crippen LogP contribution is -2.32. The van der Waals surface area contributed by atoms with Gasteiger partial charge in [-0.1, -0.05) is 30.3 Å². The minimum atomic E-state index is -3.74. The fourth-order valence-corrected chi connectivity index (χ4v) is 7.73. The Morgan fingerprint density at radius 3 is 2.61 bits per heavy atom. The Morgan fingerprint density at radius 2 is 1.82 bits per heavy atom. The van der Waals surface area contributed by atoms with Gasteiger partial charge in [-0.25, -0.2) is 18.1 Å². The molecule has 1 N–H and O–H groups in total. The predicted octanol–water partition coefficient (Wildman–Crippen LogP) is 6.31. The van der Waals surface area contributed by atoms with E-state index in [1.54, 1.807) is 53.4 Å². The number of pyridine rings is 1. The number of nitrogens with zero attached hydrogens (tertiary/aromatic N) is 2. The normalized spacial score (nSPS) is 11.9. The number of hydrogen-bond donors (Lipinski definition) is 1. The van der Waals surface area contributed by atoms with Crippen molar-refractivity contribution >= 4 is 54.8 Å². The van der Waals surface area contributed by atoms with Gasteiger partial charge in [0, 0.05) is 28.6 Å². The number of carbonyl (C=O) groups is 1.